The van der Waals surface area contributed by atoms with Crippen LogP contribution in [0.25, 0.3) is 0 Å². The van der Waals surface area contributed by atoms with Gasteiger partial charge in [0, 0.05) is 34.0 Å². The van der Waals surface area contributed by atoms with Crippen LogP contribution in [0.5, 0.6) is 0 Å². The molecule has 1 N–H and O–H groups in total. The van der Waals surface area contributed by atoms with Gasteiger partial charge in [-0.1, -0.05) is 6.92 Å². The number of nitrogens with zero attached hydrogens (tertiary/aromatic N) is 2. The van der Waals surface area contributed by atoms with E-state index >= 15 is 0 Å². The predicted octanol–water partition coefficient (Wildman–Crippen LogP) is 3.10. The number of non-ortho nitro benzene ring substituents is 1. The van der Waals surface area contributed by atoms with E-state index in [0.29, 0.717) is 6.04 Å². The Morgan fingerprint density at radius 3 is 3.00 bits per heavy atom. The number of rotatable bonds is 5. The number of likely N-dealkylation sites (tertiary alicyclic amines) is 1. The molecule has 1 atom stereocenters. The van der Waals surface area contributed by atoms with E-state index in [2.05, 4.69) is 39.7 Å². The minimum Gasteiger partial charge on any atom is -0.383 e. The van der Waals surface area contributed by atoms with Gasteiger partial charge in [0.1, 0.15) is 0 Å². The van der Waals surface area contributed by atoms with Crippen molar-refractivity contribution in [1.82, 2.24) is 4.90 Å². The largest absolute Gasteiger partial charge is 0.383 e. The van der Waals surface area contributed by atoms with Crippen molar-refractivity contribution in [3.05, 3.63) is 31.9 Å². The zero-order chi connectivity index (χ0) is 13.8. The van der Waals surface area contributed by atoms with Crippen molar-refractivity contribution < 1.29 is 4.92 Å². The van der Waals surface area contributed by atoms with Crippen molar-refractivity contribution in [2.75, 3.05) is 25.0 Å². The molecule has 1 heterocycles. The van der Waals surface area contributed by atoms with E-state index in [0.717, 1.165) is 22.3 Å². The summed E-state index contributed by atoms with van der Waals surface area (Å²) >= 11 is 2.14. The third-order valence-corrected chi connectivity index (χ3v) is 4.49. The molecule has 0 bridgehead atoms. The molecule has 0 spiro atoms. The van der Waals surface area contributed by atoms with Crippen LogP contribution < -0.4 is 5.32 Å². The topological polar surface area (TPSA) is 58.4 Å². The highest BCUT2D eigenvalue weighted by atomic mass is 127. The first kappa shape index (κ1) is 14.5. The Hall–Kier alpha value is -0.890. The summed E-state index contributed by atoms with van der Waals surface area (Å²) in [5.74, 6) is 0. The SMILES string of the molecule is CCN1CCCC1CNc1ccc([N+](=O)[O-])cc1I. The Bertz CT molecular complexity index is 467. The first-order valence-corrected chi connectivity index (χ1v) is 7.61. The summed E-state index contributed by atoms with van der Waals surface area (Å²) in [5.41, 5.74) is 1.13. The van der Waals surface area contributed by atoms with Crippen LogP contribution >= 0.6 is 22.6 Å². The smallest absolute Gasteiger partial charge is 0.270 e. The highest BCUT2D eigenvalue weighted by molar-refractivity contribution is 14.1. The van der Waals surface area contributed by atoms with Gasteiger partial charge in [-0.25, -0.2) is 0 Å². The van der Waals surface area contributed by atoms with Gasteiger partial charge in [0.2, 0.25) is 0 Å². The zero-order valence-electron chi connectivity index (χ0n) is 10.9. The van der Waals surface area contributed by atoms with Crippen molar-refractivity contribution in [1.29, 1.82) is 0 Å². The number of halogens is 1. The van der Waals surface area contributed by atoms with Crippen molar-refractivity contribution in [2.24, 2.45) is 0 Å². The van der Waals surface area contributed by atoms with Gasteiger partial charge in [-0.3, -0.25) is 15.0 Å². The standard InChI is InChI=1S/C13H18IN3O2/c1-2-16-7-3-4-11(16)9-15-13-6-5-10(17(18)19)8-12(13)14/h5-6,8,11,15H,2-4,7,9H2,1H3. The molecule has 1 unspecified atom stereocenters. The molecule has 1 aliphatic rings. The number of anilines is 1. The summed E-state index contributed by atoms with van der Waals surface area (Å²) in [5, 5.41) is 14.1. The molecule has 104 valence electrons. The summed E-state index contributed by atoms with van der Waals surface area (Å²) in [6.07, 6.45) is 2.49. The molecular weight excluding hydrogens is 357 g/mol. The van der Waals surface area contributed by atoms with Crippen LogP contribution in [0.2, 0.25) is 0 Å². The van der Waals surface area contributed by atoms with E-state index in [4.69, 9.17) is 0 Å². The number of nitro groups is 1. The predicted molar refractivity (Wildman–Crippen MR) is 84.6 cm³/mol. The fraction of sp³-hybridized carbons (Fsp3) is 0.538. The maximum atomic E-state index is 10.7. The molecule has 1 aliphatic heterocycles. The van der Waals surface area contributed by atoms with Crippen LogP contribution in [-0.2, 0) is 0 Å². The van der Waals surface area contributed by atoms with E-state index in [-0.39, 0.29) is 10.6 Å². The molecule has 0 aromatic heterocycles. The number of nitrogens with one attached hydrogen (secondary N) is 1. The number of hydrogen-bond acceptors (Lipinski definition) is 4. The summed E-state index contributed by atoms with van der Waals surface area (Å²) in [6.45, 7) is 5.36. The summed E-state index contributed by atoms with van der Waals surface area (Å²) in [7, 11) is 0. The van der Waals surface area contributed by atoms with Gasteiger partial charge in [0.25, 0.3) is 5.69 Å². The van der Waals surface area contributed by atoms with E-state index < -0.39 is 0 Å². The molecule has 1 aromatic rings. The minimum atomic E-state index is -0.359. The molecule has 5 nitrogen and oxygen atoms in total. The first-order chi connectivity index (χ1) is 9.11. The zero-order valence-corrected chi connectivity index (χ0v) is 13.1. The fourth-order valence-electron chi connectivity index (χ4n) is 2.53. The summed E-state index contributed by atoms with van der Waals surface area (Å²) in [4.78, 5) is 12.8. The number of benzene rings is 1. The number of nitro benzene ring substituents is 1. The van der Waals surface area contributed by atoms with Crippen LogP contribution in [0.1, 0.15) is 19.8 Å². The monoisotopic (exact) mass is 375 g/mol. The fourth-order valence-corrected chi connectivity index (χ4v) is 3.22. The van der Waals surface area contributed by atoms with Crippen LogP contribution in [0.15, 0.2) is 18.2 Å². The Balaban J connectivity index is 1.98. The number of hydrogen-bond donors (Lipinski definition) is 1. The summed E-state index contributed by atoms with van der Waals surface area (Å²) < 4.78 is 0.896. The van der Waals surface area contributed by atoms with E-state index in [1.807, 2.05) is 0 Å². The molecule has 1 fully saturated rings. The molecule has 0 aliphatic carbocycles. The van der Waals surface area contributed by atoms with Crippen LogP contribution in [0.3, 0.4) is 0 Å². The van der Waals surface area contributed by atoms with Gasteiger partial charge in [-0.15, -0.1) is 0 Å². The molecular formula is C13H18IN3O2. The maximum absolute atomic E-state index is 10.7. The second-order valence-electron chi connectivity index (χ2n) is 4.73. The van der Waals surface area contributed by atoms with Crippen molar-refractivity contribution in [2.45, 2.75) is 25.8 Å². The lowest BCUT2D eigenvalue weighted by molar-refractivity contribution is -0.384. The molecule has 6 heteroatoms. The van der Waals surface area contributed by atoms with Gasteiger partial charge in [-0.05, 0) is 54.6 Å². The Morgan fingerprint density at radius 1 is 1.58 bits per heavy atom. The first-order valence-electron chi connectivity index (χ1n) is 6.53. The average Bonchev–Trinajstić information content (AvgIpc) is 2.84. The minimum absolute atomic E-state index is 0.144. The van der Waals surface area contributed by atoms with Crippen LogP contribution in [0.4, 0.5) is 11.4 Å². The molecule has 0 radical (unpaired) electrons. The second-order valence-corrected chi connectivity index (χ2v) is 5.89. The van der Waals surface area contributed by atoms with Crippen molar-refractivity contribution in [3.8, 4) is 0 Å². The molecule has 1 aromatic carbocycles. The van der Waals surface area contributed by atoms with Gasteiger partial charge in [-0.2, -0.15) is 0 Å². The van der Waals surface area contributed by atoms with Gasteiger partial charge in [0.15, 0.2) is 0 Å². The second kappa shape index (κ2) is 6.51. The number of likely N-dealkylation sites (N-methyl/N-ethyl adjacent to an activating group) is 1. The third-order valence-electron chi connectivity index (χ3n) is 3.60. The molecule has 2 rings (SSSR count). The Morgan fingerprint density at radius 2 is 2.37 bits per heavy atom. The normalized spacial score (nSPS) is 19.6. The van der Waals surface area contributed by atoms with Crippen molar-refractivity contribution in [3.63, 3.8) is 0 Å². The third kappa shape index (κ3) is 3.56. The van der Waals surface area contributed by atoms with Crippen LogP contribution in [0, 0.1) is 13.7 Å². The van der Waals surface area contributed by atoms with E-state index in [1.165, 1.54) is 19.4 Å². The van der Waals surface area contributed by atoms with Gasteiger partial charge < -0.3 is 5.32 Å². The Kier molecular flexibility index (Phi) is 4.98. The summed E-state index contributed by atoms with van der Waals surface area (Å²) in [6, 6.07) is 5.53. The lowest BCUT2D eigenvalue weighted by Gasteiger charge is -2.23. The molecule has 0 amide bonds. The van der Waals surface area contributed by atoms with Crippen LogP contribution in [-0.4, -0.2) is 35.5 Å². The van der Waals surface area contributed by atoms with E-state index in [1.54, 1.807) is 18.2 Å². The maximum Gasteiger partial charge on any atom is 0.270 e. The lowest BCUT2D eigenvalue weighted by atomic mass is 10.2. The van der Waals surface area contributed by atoms with Gasteiger partial charge >= 0.3 is 0 Å². The average molecular weight is 375 g/mol. The molecule has 1 saturated heterocycles. The highest BCUT2D eigenvalue weighted by Gasteiger charge is 2.22. The molecule has 19 heavy (non-hydrogen) atoms. The van der Waals surface area contributed by atoms with Gasteiger partial charge in [0.05, 0.1) is 4.92 Å². The Labute approximate surface area is 126 Å². The molecule has 0 saturated carbocycles. The van der Waals surface area contributed by atoms with E-state index in [9.17, 15) is 10.1 Å². The lowest BCUT2D eigenvalue weighted by Crippen LogP contribution is -2.34. The van der Waals surface area contributed by atoms with Crippen molar-refractivity contribution >= 4 is 34.0 Å². The quantitative estimate of drug-likeness (QED) is 0.488. The highest BCUT2D eigenvalue weighted by Crippen LogP contribution is 2.24.